The lowest BCUT2D eigenvalue weighted by Gasteiger charge is -2.28. The number of benzene rings is 1. The van der Waals surface area contributed by atoms with Crippen molar-refractivity contribution in [2.45, 2.75) is 31.7 Å². The monoisotopic (exact) mass is 382 g/mol. The average molecular weight is 382 g/mol. The molecule has 1 aromatic carbocycles. The molecule has 1 amide bonds. The molecule has 138 valence electrons. The number of aryl methyl sites for hydroxylation is 1. The van der Waals surface area contributed by atoms with Crippen LogP contribution in [0.5, 0.6) is 5.88 Å². The van der Waals surface area contributed by atoms with Crippen LogP contribution in [0.1, 0.15) is 31.1 Å². The summed E-state index contributed by atoms with van der Waals surface area (Å²) in [6.07, 6.45) is 1.41. The maximum absolute atomic E-state index is 12.9. The van der Waals surface area contributed by atoms with Gasteiger partial charge in [0.05, 0.1) is 5.69 Å². The van der Waals surface area contributed by atoms with Gasteiger partial charge in [0, 0.05) is 12.0 Å². The number of para-hydroxylation sites is 1. The summed E-state index contributed by atoms with van der Waals surface area (Å²) in [6.45, 7) is 3.67. The molecule has 0 spiro atoms. The van der Waals surface area contributed by atoms with Crippen molar-refractivity contribution in [2.24, 2.45) is 0 Å². The SMILES string of the molecule is CCC(=O)N1c2ccccc2-c2nnc(SC)nc2O[C@@H]1c1ccc(C)o1. The Morgan fingerprint density at radius 2 is 2.04 bits per heavy atom. The van der Waals surface area contributed by atoms with Crippen LogP contribution in [0.4, 0.5) is 5.69 Å². The van der Waals surface area contributed by atoms with E-state index in [0.717, 1.165) is 11.3 Å². The highest BCUT2D eigenvalue weighted by atomic mass is 32.2. The third-order valence-electron chi connectivity index (χ3n) is 4.27. The average Bonchev–Trinajstić information content (AvgIpc) is 3.07. The minimum absolute atomic E-state index is 0.0904. The fourth-order valence-electron chi connectivity index (χ4n) is 3.01. The Kier molecular flexibility index (Phi) is 4.57. The van der Waals surface area contributed by atoms with E-state index in [9.17, 15) is 4.79 Å². The second-order valence-electron chi connectivity index (χ2n) is 6.01. The minimum Gasteiger partial charge on any atom is -0.460 e. The van der Waals surface area contributed by atoms with E-state index in [4.69, 9.17) is 9.15 Å². The third-order valence-corrected chi connectivity index (χ3v) is 4.81. The second kappa shape index (κ2) is 7.03. The molecule has 0 saturated heterocycles. The molecule has 1 aliphatic heterocycles. The number of furan rings is 1. The van der Waals surface area contributed by atoms with E-state index in [0.29, 0.717) is 34.6 Å². The Hall–Kier alpha value is -2.87. The van der Waals surface area contributed by atoms with Crippen LogP contribution < -0.4 is 9.64 Å². The summed E-state index contributed by atoms with van der Waals surface area (Å²) >= 11 is 1.37. The van der Waals surface area contributed by atoms with Gasteiger partial charge in [0.2, 0.25) is 23.2 Å². The van der Waals surface area contributed by atoms with E-state index < -0.39 is 6.23 Å². The molecule has 0 N–H and O–H groups in total. The number of aromatic nitrogens is 3. The zero-order valence-corrected chi connectivity index (χ0v) is 16.0. The summed E-state index contributed by atoms with van der Waals surface area (Å²) < 4.78 is 12.0. The molecule has 0 saturated carbocycles. The third kappa shape index (κ3) is 3.06. The Balaban J connectivity index is 1.97. The molecule has 8 heteroatoms. The minimum atomic E-state index is -0.778. The molecule has 0 unspecified atom stereocenters. The van der Waals surface area contributed by atoms with Crippen LogP contribution in [0.2, 0.25) is 0 Å². The van der Waals surface area contributed by atoms with E-state index >= 15 is 0 Å². The number of rotatable bonds is 3. The Morgan fingerprint density at radius 1 is 1.22 bits per heavy atom. The van der Waals surface area contributed by atoms with Crippen LogP contribution in [0, 0.1) is 6.92 Å². The number of amides is 1. The van der Waals surface area contributed by atoms with Gasteiger partial charge in [-0.1, -0.05) is 36.9 Å². The number of nitrogens with zero attached hydrogens (tertiary/aromatic N) is 4. The van der Waals surface area contributed by atoms with Gasteiger partial charge in [0.1, 0.15) is 5.76 Å². The normalized spacial score (nSPS) is 15.5. The number of carbonyl (C=O) groups is 1. The first-order valence-corrected chi connectivity index (χ1v) is 9.78. The molecular formula is C19H18N4O3S. The molecule has 4 rings (SSSR count). The lowest BCUT2D eigenvalue weighted by Crippen LogP contribution is -2.37. The number of ether oxygens (including phenoxy) is 1. The summed E-state index contributed by atoms with van der Waals surface area (Å²) in [7, 11) is 0. The zero-order valence-electron chi connectivity index (χ0n) is 15.2. The molecule has 1 aliphatic rings. The summed E-state index contributed by atoms with van der Waals surface area (Å²) in [5.74, 6) is 1.50. The largest absolute Gasteiger partial charge is 0.460 e. The van der Waals surface area contributed by atoms with Crippen molar-refractivity contribution in [3.8, 4) is 17.1 Å². The lowest BCUT2D eigenvalue weighted by atomic mass is 10.1. The van der Waals surface area contributed by atoms with Gasteiger partial charge in [0.15, 0.2) is 11.5 Å². The van der Waals surface area contributed by atoms with Crippen LogP contribution in [-0.2, 0) is 4.79 Å². The van der Waals surface area contributed by atoms with Gasteiger partial charge in [-0.3, -0.25) is 9.69 Å². The van der Waals surface area contributed by atoms with Crippen molar-refractivity contribution in [1.82, 2.24) is 15.2 Å². The fourth-order valence-corrected chi connectivity index (χ4v) is 3.31. The van der Waals surface area contributed by atoms with E-state index in [-0.39, 0.29) is 5.91 Å². The van der Waals surface area contributed by atoms with Gasteiger partial charge in [-0.2, -0.15) is 4.98 Å². The number of hydrogen-bond donors (Lipinski definition) is 0. The molecule has 0 radical (unpaired) electrons. The zero-order chi connectivity index (χ0) is 19.0. The Morgan fingerprint density at radius 3 is 2.74 bits per heavy atom. The Bertz CT molecular complexity index is 1000. The maximum Gasteiger partial charge on any atom is 0.247 e. The highest BCUT2D eigenvalue weighted by molar-refractivity contribution is 7.98. The number of thioether (sulfide) groups is 1. The molecule has 1 atom stereocenters. The van der Waals surface area contributed by atoms with Crippen LogP contribution in [0.3, 0.4) is 0 Å². The molecule has 27 heavy (non-hydrogen) atoms. The van der Waals surface area contributed by atoms with Crippen LogP contribution in [-0.4, -0.2) is 27.3 Å². The van der Waals surface area contributed by atoms with Gasteiger partial charge in [-0.25, -0.2) is 0 Å². The molecule has 0 aliphatic carbocycles. The van der Waals surface area contributed by atoms with E-state index in [2.05, 4.69) is 15.2 Å². The van der Waals surface area contributed by atoms with E-state index in [1.807, 2.05) is 56.5 Å². The first kappa shape index (κ1) is 17.5. The van der Waals surface area contributed by atoms with Crippen LogP contribution in [0.15, 0.2) is 46.0 Å². The standard InChI is InChI=1S/C19H18N4O3S/c1-4-15(24)23-13-8-6-5-7-12(13)16-17(20-19(27-3)22-21-16)26-18(23)14-10-9-11(2)25-14/h5-10,18H,4H2,1-3H3/t18-/m1/s1. The molecule has 3 aromatic rings. The van der Waals surface area contributed by atoms with Crippen molar-refractivity contribution in [3.05, 3.63) is 47.9 Å². The number of anilines is 1. The molecule has 3 heterocycles. The Labute approximate surface area is 160 Å². The number of carbonyl (C=O) groups excluding carboxylic acids is 1. The molecule has 2 aromatic heterocycles. The van der Waals surface area contributed by atoms with Crippen molar-refractivity contribution in [2.75, 3.05) is 11.2 Å². The fraction of sp³-hybridized carbons (Fsp3) is 0.263. The van der Waals surface area contributed by atoms with Crippen molar-refractivity contribution in [1.29, 1.82) is 0 Å². The van der Waals surface area contributed by atoms with Crippen molar-refractivity contribution in [3.63, 3.8) is 0 Å². The first-order chi connectivity index (χ1) is 13.1. The summed E-state index contributed by atoms with van der Waals surface area (Å²) in [4.78, 5) is 19.0. The molecular weight excluding hydrogens is 364 g/mol. The number of hydrogen-bond acceptors (Lipinski definition) is 7. The van der Waals surface area contributed by atoms with Crippen molar-refractivity contribution < 1.29 is 13.9 Å². The molecule has 0 bridgehead atoms. The molecule has 0 fully saturated rings. The van der Waals surface area contributed by atoms with Gasteiger partial charge in [0.25, 0.3) is 0 Å². The van der Waals surface area contributed by atoms with Gasteiger partial charge in [-0.05, 0) is 31.4 Å². The topological polar surface area (TPSA) is 81.4 Å². The second-order valence-corrected chi connectivity index (χ2v) is 6.78. The summed E-state index contributed by atoms with van der Waals surface area (Å²) in [5.41, 5.74) is 1.94. The smallest absolute Gasteiger partial charge is 0.247 e. The quantitative estimate of drug-likeness (QED) is 0.633. The van der Waals surface area contributed by atoms with Crippen molar-refractivity contribution >= 4 is 23.4 Å². The summed E-state index contributed by atoms with van der Waals surface area (Å²) in [6, 6.07) is 11.2. The maximum atomic E-state index is 12.9. The van der Waals surface area contributed by atoms with E-state index in [1.54, 1.807) is 4.90 Å². The van der Waals surface area contributed by atoms with E-state index in [1.165, 1.54) is 11.8 Å². The lowest BCUT2D eigenvalue weighted by molar-refractivity contribution is -0.120. The highest BCUT2D eigenvalue weighted by Crippen LogP contribution is 2.43. The van der Waals surface area contributed by atoms with Crippen LogP contribution >= 0.6 is 11.8 Å². The summed E-state index contributed by atoms with van der Waals surface area (Å²) in [5, 5.41) is 8.95. The predicted octanol–water partition coefficient (Wildman–Crippen LogP) is 4.00. The van der Waals surface area contributed by atoms with Gasteiger partial charge in [-0.15, -0.1) is 10.2 Å². The highest BCUT2D eigenvalue weighted by Gasteiger charge is 2.36. The van der Waals surface area contributed by atoms with Crippen LogP contribution in [0.25, 0.3) is 11.3 Å². The molecule has 7 nitrogen and oxygen atoms in total. The first-order valence-electron chi connectivity index (χ1n) is 8.55. The predicted molar refractivity (Wildman–Crippen MR) is 102 cm³/mol. The number of fused-ring (bicyclic) bond motifs is 3. The van der Waals surface area contributed by atoms with Gasteiger partial charge >= 0.3 is 0 Å². The van der Waals surface area contributed by atoms with Gasteiger partial charge < -0.3 is 9.15 Å².